The molecule has 1 aliphatic rings. The zero-order valence-electron chi connectivity index (χ0n) is 16.6. The van der Waals surface area contributed by atoms with Gasteiger partial charge in [-0.1, -0.05) is 18.2 Å². The Morgan fingerprint density at radius 1 is 1.03 bits per heavy atom. The average molecular weight is 436 g/mol. The monoisotopic (exact) mass is 436 g/mol. The van der Waals surface area contributed by atoms with Crippen LogP contribution in [0, 0.1) is 5.82 Å². The maximum absolute atomic E-state index is 13.3. The van der Waals surface area contributed by atoms with Crippen LogP contribution in [-0.4, -0.2) is 36.5 Å². The number of halogens is 4. The number of rotatable bonds is 8. The van der Waals surface area contributed by atoms with Gasteiger partial charge in [-0.05, 0) is 49.2 Å². The van der Waals surface area contributed by atoms with Crippen molar-refractivity contribution >= 4 is 23.1 Å². The molecule has 3 rings (SSSR count). The van der Waals surface area contributed by atoms with Crippen LogP contribution in [0.4, 0.5) is 23.2 Å². The molecule has 2 aromatic carbocycles. The van der Waals surface area contributed by atoms with Crippen molar-refractivity contribution in [3.63, 3.8) is 0 Å². The van der Waals surface area contributed by atoms with E-state index in [1.165, 1.54) is 24.3 Å². The van der Waals surface area contributed by atoms with Crippen molar-refractivity contribution in [3.05, 3.63) is 71.2 Å². The van der Waals surface area contributed by atoms with E-state index >= 15 is 0 Å². The average Bonchev–Trinajstić information content (AvgIpc) is 2.95. The minimum Gasteiger partial charge on any atom is -0.382 e. The normalized spacial score (nSPS) is 14.5. The minimum absolute atomic E-state index is 0.00162. The van der Waals surface area contributed by atoms with Gasteiger partial charge < -0.3 is 10.1 Å². The molecule has 31 heavy (non-hydrogen) atoms. The number of benzene rings is 2. The molecule has 0 spiro atoms. The molecule has 0 fully saturated rings. The van der Waals surface area contributed by atoms with Crippen molar-refractivity contribution in [1.29, 1.82) is 0 Å². The van der Waals surface area contributed by atoms with E-state index in [0.29, 0.717) is 19.6 Å². The van der Waals surface area contributed by atoms with Gasteiger partial charge in [0.2, 0.25) is 0 Å². The van der Waals surface area contributed by atoms with Gasteiger partial charge in [0.15, 0.2) is 0 Å². The Morgan fingerprint density at radius 2 is 1.74 bits per heavy atom. The van der Waals surface area contributed by atoms with Crippen molar-refractivity contribution in [2.45, 2.75) is 19.5 Å². The van der Waals surface area contributed by atoms with E-state index in [-0.39, 0.29) is 29.1 Å². The molecule has 5 nitrogen and oxygen atoms in total. The van der Waals surface area contributed by atoms with Gasteiger partial charge in [-0.2, -0.15) is 13.2 Å². The zero-order chi connectivity index (χ0) is 22.6. The summed E-state index contributed by atoms with van der Waals surface area (Å²) in [5.41, 5.74) is -0.804. The molecule has 2 amide bonds. The highest BCUT2D eigenvalue weighted by Gasteiger charge is 2.39. The fraction of sp³-hybridized carbons (Fsp3) is 0.273. The van der Waals surface area contributed by atoms with Crippen molar-refractivity contribution in [1.82, 2.24) is 4.90 Å². The minimum atomic E-state index is -4.56. The van der Waals surface area contributed by atoms with Crippen molar-refractivity contribution < 1.29 is 31.9 Å². The molecular weight excluding hydrogens is 416 g/mol. The van der Waals surface area contributed by atoms with Crippen molar-refractivity contribution in [3.8, 4) is 0 Å². The molecule has 0 saturated heterocycles. The molecular formula is C22H20F4N2O3. The van der Waals surface area contributed by atoms with Gasteiger partial charge in [0, 0.05) is 25.4 Å². The first-order valence-electron chi connectivity index (χ1n) is 9.60. The Kier molecular flexibility index (Phi) is 6.74. The fourth-order valence-electron chi connectivity index (χ4n) is 3.17. The van der Waals surface area contributed by atoms with E-state index in [1.54, 1.807) is 0 Å². The van der Waals surface area contributed by atoms with E-state index in [2.05, 4.69) is 5.32 Å². The third kappa shape index (κ3) is 5.11. The number of nitrogens with one attached hydrogen (secondary N) is 1. The molecule has 9 heteroatoms. The van der Waals surface area contributed by atoms with Crippen LogP contribution in [-0.2, 0) is 20.5 Å². The van der Waals surface area contributed by atoms with Crippen LogP contribution in [0.3, 0.4) is 0 Å². The summed E-state index contributed by atoms with van der Waals surface area (Å²) in [6, 6.07) is 9.28. The molecule has 1 N–H and O–H groups in total. The number of carbonyl (C=O) groups is 2. The Bertz CT molecular complexity index is 1000. The lowest BCUT2D eigenvalue weighted by atomic mass is 10.0. The van der Waals surface area contributed by atoms with Crippen LogP contribution in [0.2, 0.25) is 0 Å². The van der Waals surface area contributed by atoms with E-state index in [9.17, 15) is 27.2 Å². The summed E-state index contributed by atoms with van der Waals surface area (Å²) in [7, 11) is 0. The Labute approximate surface area is 176 Å². The van der Waals surface area contributed by atoms with Gasteiger partial charge in [-0.25, -0.2) is 4.39 Å². The number of hydrogen-bond donors (Lipinski definition) is 1. The summed E-state index contributed by atoms with van der Waals surface area (Å²) in [4.78, 5) is 27.0. The highest BCUT2D eigenvalue weighted by atomic mass is 19.4. The molecule has 0 atom stereocenters. The summed E-state index contributed by atoms with van der Waals surface area (Å²) in [6.45, 7) is 2.73. The summed E-state index contributed by atoms with van der Waals surface area (Å²) in [6.07, 6.45) is -4.16. The first-order valence-corrected chi connectivity index (χ1v) is 9.60. The standard InChI is InChI=1S/C22H20F4N2O3/c1-2-31-12-4-11-28-20(29)18(14-7-9-16(23)10-8-14)19(21(28)30)27-17-6-3-5-15(13-17)22(24,25)26/h3,5-10,13,27H,2,4,11-12H2,1H3. The Balaban J connectivity index is 1.96. The third-order valence-corrected chi connectivity index (χ3v) is 4.63. The van der Waals surface area contributed by atoms with E-state index in [0.717, 1.165) is 29.2 Å². The number of imide groups is 1. The molecule has 1 aliphatic heterocycles. The number of nitrogens with zero attached hydrogens (tertiary/aromatic N) is 1. The van der Waals surface area contributed by atoms with Crippen LogP contribution >= 0.6 is 0 Å². The van der Waals surface area contributed by atoms with Crippen molar-refractivity contribution in [2.24, 2.45) is 0 Å². The lowest BCUT2D eigenvalue weighted by Crippen LogP contribution is -2.34. The number of hydrogen-bond acceptors (Lipinski definition) is 4. The van der Waals surface area contributed by atoms with Crippen LogP contribution < -0.4 is 5.32 Å². The third-order valence-electron chi connectivity index (χ3n) is 4.63. The predicted octanol–water partition coefficient (Wildman–Crippen LogP) is 4.46. The summed E-state index contributed by atoms with van der Waals surface area (Å²) in [5.74, 6) is -1.80. The molecule has 2 aromatic rings. The maximum atomic E-state index is 13.3. The molecule has 164 valence electrons. The van der Waals surface area contributed by atoms with Crippen LogP contribution in [0.5, 0.6) is 0 Å². The lowest BCUT2D eigenvalue weighted by molar-refractivity contribution is -0.138. The number of ether oxygens (including phenoxy) is 1. The van der Waals surface area contributed by atoms with E-state index in [4.69, 9.17) is 4.74 Å². The van der Waals surface area contributed by atoms with Crippen molar-refractivity contribution in [2.75, 3.05) is 25.1 Å². The quantitative estimate of drug-likeness (QED) is 0.377. The number of carbonyl (C=O) groups excluding carboxylic acids is 2. The highest BCUT2D eigenvalue weighted by molar-refractivity contribution is 6.36. The molecule has 0 unspecified atom stereocenters. The second-order valence-electron chi connectivity index (χ2n) is 6.77. The first kappa shape index (κ1) is 22.5. The van der Waals surface area contributed by atoms with Gasteiger partial charge in [0.1, 0.15) is 11.5 Å². The highest BCUT2D eigenvalue weighted by Crippen LogP contribution is 2.34. The van der Waals surface area contributed by atoms with Crippen LogP contribution in [0.25, 0.3) is 5.57 Å². The summed E-state index contributed by atoms with van der Waals surface area (Å²) in [5, 5.41) is 2.67. The zero-order valence-corrected chi connectivity index (χ0v) is 16.6. The fourth-order valence-corrected chi connectivity index (χ4v) is 3.17. The van der Waals surface area contributed by atoms with E-state index < -0.39 is 29.4 Å². The van der Waals surface area contributed by atoms with Gasteiger partial charge in [0.05, 0.1) is 11.1 Å². The van der Waals surface area contributed by atoms with E-state index in [1.807, 2.05) is 6.92 Å². The molecule has 1 heterocycles. The second kappa shape index (κ2) is 9.30. The van der Waals surface area contributed by atoms with Crippen LogP contribution in [0.15, 0.2) is 54.2 Å². The Morgan fingerprint density at radius 3 is 2.39 bits per heavy atom. The molecule has 0 aliphatic carbocycles. The second-order valence-corrected chi connectivity index (χ2v) is 6.77. The predicted molar refractivity (Wildman–Crippen MR) is 106 cm³/mol. The molecule has 0 radical (unpaired) electrons. The number of anilines is 1. The molecule has 0 saturated carbocycles. The van der Waals surface area contributed by atoms with Crippen LogP contribution in [0.1, 0.15) is 24.5 Å². The largest absolute Gasteiger partial charge is 0.416 e. The Hall–Kier alpha value is -3.20. The first-order chi connectivity index (χ1) is 14.7. The number of alkyl halides is 3. The lowest BCUT2D eigenvalue weighted by Gasteiger charge is -2.15. The van der Waals surface area contributed by atoms with Gasteiger partial charge >= 0.3 is 6.18 Å². The van der Waals surface area contributed by atoms with Gasteiger partial charge in [-0.3, -0.25) is 14.5 Å². The summed E-state index contributed by atoms with van der Waals surface area (Å²) < 4.78 is 57.7. The maximum Gasteiger partial charge on any atom is 0.416 e. The summed E-state index contributed by atoms with van der Waals surface area (Å²) >= 11 is 0. The molecule has 0 aromatic heterocycles. The van der Waals surface area contributed by atoms with Gasteiger partial charge in [-0.15, -0.1) is 0 Å². The SMILES string of the molecule is CCOCCCN1C(=O)C(Nc2cccc(C(F)(F)F)c2)=C(c2ccc(F)cc2)C1=O. The number of amides is 2. The smallest absolute Gasteiger partial charge is 0.382 e. The topological polar surface area (TPSA) is 58.6 Å². The molecule has 0 bridgehead atoms. The van der Waals surface area contributed by atoms with Gasteiger partial charge in [0.25, 0.3) is 11.8 Å².